The average molecular weight is 533 g/mol. The molecular weight excluding hydrogens is 485 g/mol. The van der Waals surface area contributed by atoms with E-state index in [4.69, 9.17) is 0 Å². The molecule has 0 bridgehead atoms. The van der Waals surface area contributed by atoms with Crippen molar-refractivity contribution >= 4 is 37.7 Å². The van der Waals surface area contributed by atoms with Crippen molar-refractivity contribution in [2.75, 3.05) is 0 Å². The summed E-state index contributed by atoms with van der Waals surface area (Å²) in [5, 5.41) is 6.58. The van der Waals surface area contributed by atoms with Crippen LogP contribution in [0.1, 0.15) is 36.0 Å². The molecule has 3 heteroatoms. The van der Waals surface area contributed by atoms with Gasteiger partial charge in [-0.2, -0.15) is 30.7 Å². The van der Waals surface area contributed by atoms with Crippen LogP contribution in [0.3, 0.4) is 0 Å². The third-order valence-electron chi connectivity index (χ3n) is 6.98. The van der Waals surface area contributed by atoms with Gasteiger partial charge in [-0.1, -0.05) is 87.5 Å². The summed E-state index contributed by atoms with van der Waals surface area (Å²) < 4.78 is 0. The van der Waals surface area contributed by atoms with Gasteiger partial charge in [-0.05, 0) is 13.8 Å². The van der Waals surface area contributed by atoms with E-state index in [0.717, 1.165) is 11.6 Å². The Balaban J connectivity index is 0.000000260. The van der Waals surface area contributed by atoms with Crippen LogP contribution in [0, 0.1) is 27.7 Å². The van der Waals surface area contributed by atoms with Gasteiger partial charge in [0.2, 0.25) is 0 Å². The zero-order valence-electron chi connectivity index (χ0n) is 23.8. The van der Waals surface area contributed by atoms with Crippen LogP contribution in [0.4, 0.5) is 0 Å². The van der Waals surface area contributed by atoms with E-state index in [1.165, 1.54) is 51.1 Å². The Morgan fingerprint density at radius 3 is 1.80 bits per heavy atom. The van der Waals surface area contributed by atoms with Crippen molar-refractivity contribution in [2.24, 2.45) is 0 Å². The molecule has 0 saturated heterocycles. The summed E-state index contributed by atoms with van der Waals surface area (Å²) in [5.74, 6) is 0. The van der Waals surface area contributed by atoms with Crippen molar-refractivity contribution in [1.29, 1.82) is 0 Å². The van der Waals surface area contributed by atoms with Crippen LogP contribution in [0.2, 0.25) is 44.4 Å². The molecule has 0 heterocycles. The van der Waals surface area contributed by atoms with Crippen molar-refractivity contribution in [3.63, 3.8) is 0 Å². The third kappa shape index (κ3) is 9.41. The van der Waals surface area contributed by atoms with Crippen molar-refractivity contribution in [2.45, 2.75) is 84.5 Å². The molecule has 0 spiro atoms. The van der Waals surface area contributed by atoms with E-state index in [-0.39, 0.29) is 25.8 Å². The van der Waals surface area contributed by atoms with Gasteiger partial charge in [0.05, 0.1) is 0 Å². The van der Waals surface area contributed by atoms with E-state index in [1.807, 2.05) is 0 Å². The maximum absolute atomic E-state index is 3.95. The van der Waals surface area contributed by atoms with E-state index in [2.05, 4.69) is 134 Å². The molecule has 0 fully saturated rings. The fourth-order valence-electron chi connectivity index (χ4n) is 5.38. The Labute approximate surface area is 237 Å². The van der Waals surface area contributed by atoms with E-state index in [0.29, 0.717) is 0 Å². The minimum atomic E-state index is -0.925. The first-order valence-corrected chi connectivity index (χ1v) is 20.0. The minimum absolute atomic E-state index is 0. The number of hydrogen-bond donors (Lipinski definition) is 0. The first kappa shape index (κ1) is 32.0. The molecular formula is C32H47ScSi2. The average Bonchev–Trinajstić information content (AvgIpc) is 3.41. The van der Waals surface area contributed by atoms with Crippen LogP contribution in [0.25, 0.3) is 21.5 Å². The van der Waals surface area contributed by atoms with Crippen LogP contribution >= 0.6 is 0 Å². The maximum Gasteiger partial charge on any atom is 3.00 e. The van der Waals surface area contributed by atoms with E-state index < -0.39 is 16.1 Å². The molecule has 0 unspecified atom stereocenters. The monoisotopic (exact) mass is 532 g/mol. The Morgan fingerprint density at radius 2 is 1.26 bits per heavy atom. The van der Waals surface area contributed by atoms with Crippen molar-refractivity contribution < 1.29 is 25.8 Å². The van der Waals surface area contributed by atoms with Crippen molar-refractivity contribution in [3.8, 4) is 0 Å². The molecule has 4 aromatic carbocycles. The Kier molecular flexibility index (Phi) is 12.8. The van der Waals surface area contributed by atoms with Crippen LogP contribution in [-0.4, -0.2) is 16.1 Å². The van der Waals surface area contributed by atoms with Gasteiger partial charge in [0.25, 0.3) is 0 Å². The largest absolute Gasteiger partial charge is 3.00 e. The van der Waals surface area contributed by atoms with Crippen molar-refractivity contribution in [1.82, 2.24) is 0 Å². The number of unbranched alkanes of at least 4 members (excludes halogenated alkanes) is 1. The van der Waals surface area contributed by atoms with Crippen molar-refractivity contribution in [3.05, 3.63) is 90.3 Å². The molecule has 0 atom stereocenters. The summed E-state index contributed by atoms with van der Waals surface area (Å²) in [6.07, 6.45) is 3.89. The Morgan fingerprint density at radius 1 is 0.714 bits per heavy atom. The number of rotatable bonds is 5. The predicted molar refractivity (Wildman–Crippen MR) is 163 cm³/mol. The Bertz CT molecular complexity index is 1100. The quantitative estimate of drug-likeness (QED) is 0.177. The normalized spacial score (nSPS) is 11.5. The molecule has 4 aromatic rings. The second-order valence-electron chi connectivity index (χ2n) is 11.9. The van der Waals surface area contributed by atoms with Crippen LogP contribution in [0.15, 0.2) is 66.7 Å². The molecule has 0 aliphatic carbocycles. The topological polar surface area (TPSA) is 0 Å². The van der Waals surface area contributed by atoms with E-state index in [9.17, 15) is 0 Å². The number of benzene rings is 2. The van der Waals surface area contributed by atoms with Gasteiger partial charge in [0.15, 0.2) is 0 Å². The van der Waals surface area contributed by atoms with Gasteiger partial charge in [-0.3, -0.25) is 0 Å². The predicted octanol–water partition coefficient (Wildman–Crippen LogP) is 10.6. The van der Waals surface area contributed by atoms with Gasteiger partial charge in [-0.15, -0.1) is 57.4 Å². The Hall–Kier alpha value is -1.04. The molecule has 186 valence electrons. The molecule has 35 heavy (non-hydrogen) atoms. The first-order valence-electron chi connectivity index (χ1n) is 12.9. The first-order chi connectivity index (χ1) is 15.9. The van der Waals surface area contributed by atoms with E-state index in [1.54, 1.807) is 0 Å². The van der Waals surface area contributed by atoms with Crippen LogP contribution in [0.5, 0.6) is 0 Å². The molecule has 0 amide bonds. The fourth-order valence-corrected chi connectivity index (χ4v) is 17.9. The van der Waals surface area contributed by atoms with Gasteiger partial charge >= 0.3 is 25.8 Å². The summed E-state index contributed by atoms with van der Waals surface area (Å²) in [4.78, 5) is 0. The number of fused-ring (bicyclic) bond motifs is 2. The molecule has 0 radical (unpaired) electrons. The second kappa shape index (κ2) is 14.0. The molecule has 0 saturated carbocycles. The molecule has 0 N–H and O–H groups in total. The molecule has 0 aliphatic heterocycles. The summed E-state index contributed by atoms with van der Waals surface area (Å²) in [6.45, 7) is 25.6. The zero-order valence-corrected chi connectivity index (χ0v) is 27.6. The van der Waals surface area contributed by atoms with Gasteiger partial charge < -0.3 is 6.92 Å². The van der Waals surface area contributed by atoms with E-state index >= 15 is 0 Å². The third-order valence-corrected chi connectivity index (χ3v) is 16.9. The molecule has 0 nitrogen and oxygen atoms in total. The molecule has 0 aliphatic rings. The summed E-state index contributed by atoms with van der Waals surface area (Å²) in [7, 11) is -1.85. The van der Waals surface area contributed by atoms with Gasteiger partial charge in [0, 0.05) is 16.1 Å². The van der Waals surface area contributed by atoms with Gasteiger partial charge in [0.1, 0.15) is 0 Å². The SMILES string of the molecule is Cc1ccc(C)c2[cH-]ccc12.Cc1cccc2[cH-]ccc12.[CH2-]CCCC([Si](C)(C)C)[Si](C)(C)C.[Sc+3]. The number of aryl methyl sites for hydroxylation is 3. The fraction of sp³-hybridized carbons (Fsp3) is 0.406. The second-order valence-corrected chi connectivity index (χ2v) is 23.4. The maximum atomic E-state index is 3.95. The number of hydrogen-bond acceptors (Lipinski definition) is 0. The molecule has 0 aromatic heterocycles. The standard InChI is InChI=1S/C11H27Si2.C11H11.C10H9.Sc/c1-8-9-10-11(12(2,3)4)13(5,6)7;1-8-6-7-9(2)11-5-3-4-10(8)11;1-8-4-2-5-9-6-3-7-10(8)9;/h11H,1,8-10H2,2-7H3;3-7H,1-2H3;2-7H,1H3;/q3*-1;+3. The summed E-state index contributed by atoms with van der Waals surface area (Å²) in [5.41, 5.74) is 4.11. The zero-order chi connectivity index (χ0) is 25.5. The van der Waals surface area contributed by atoms with Crippen LogP contribution < -0.4 is 0 Å². The van der Waals surface area contributed by atoms with Gasteiger partial charge in [-0.25, -0.2) is 0 Å². The summed E-state index contributed by atoms with van der Waals surface area (Å²) >= 11 is 0. The smallest absolute Gasteiger partial charge is 0.343 e. The van der Waals surface area contributed by atoms with Crippen LogP contribution in [-0.2, 0) is 25.8 Å². The molecule has 4 rings (SSSR count). The minimum Gasteiger partial charge on any atom is -0.343 e. The summed E-state index contributed by atoms with van der Waals surface area (Å²) in [6, 6.07) is 23.6.